The monoisotopic (exact) mass is 169 g/mol. The molecule has 0 fully saturated rings. The van der Waals surface area contributed by atoms with Gasteiger partial charge < -0.3 is 0 Å². The number of fused-ring (bicyclic) bond motifs is 3. The Labute approximate surface area is 77.8 Å². The van der Waals surface area contributed by atoms with Gasteiger partial charge in [0.25, 0.3) is 0 Å². The van der Waals surface area contributed by atoms with Gasteiger partial charge in [-0.25, -0.2) is 0 Å². The van der Waals surface area contributed by atoms with Crippen LogP contribution in [-0.4, -0.2) is 4.98 Å². The number of pyridine rings is 1. The zero-order valence-electron chi connectivity index (χ0n) is 7.35. The van der Waals surface area contributed by atoms with Crippen molar-refractivity contribution >= 4 is 0 Å². The molecule has 2 atom stereocenters. The Morgan fingerprint density at radius 3 is 3.15 bits per heavy atom. The second-order valence-corrected chi connectivity index (χ2v) is 3.70. The molecule has 0 saturated heterocycles. The van der Waals surface area contributed by atoms with Gasteiger partial charge in [0.15, 0.2) is 0 Å². The van der Waals surface area contributed by atoms with Crippen molar-refractivity contribution in [3.8, 4) is 0 Å². The van der Waals surface area contributed by atoms with E-state index < -0.39 is 0 Å². The molecule has 0 N–H and O–H groups in total. The van der Waals surface area contributed by atoms with E-state index in [4.69, 9.17) is 0 Å². The average molecular weight is 169 g/mol. The Bertz CT molecular complexity index is 390. The molecule has 2 aliphatic rings. The van der Waals surface area contributed by atoms with Crippen LogP contribution < -0.4 is 0 Å². The lowest BCUT2D eigenvalue weighted by molar-refractivity contribution is 0.627. The van der Waals surface area contributed by atoms with E-state index in [9.17, 15) is 0 Å². The highest BCUT2D eigenvalue weighted by Gasteiger charge is 2.30. The van der Waals surface area contributed by atoms with Gasteiger partial charge >= 0.3 is 0 Å². The molecule has 0 amide bonds. The highest BCUT2D eigenvalue weighted by Crippen LogP contribution is 2.39. The van der Waals surface area contributed by atoms with Crippen molar-refractivity contribution in [3.63, 3.8) is 0 Å². The third kappa shape index (κ3) is 0.966. The normalized spacial score (nSPS) is 28.6. The van der Waals surface area contributed by atoms with Crippen LogP contribution in [0.15, 0.2) is 42.6 Å². The lowest BCUT2D eigenvalue weighted by Crippen LogP contribution is -2.03. The third-order valence-corrected chi connectivity index (χ3v) is 2.96. The van der Waals surface area contributed by atoms with Crippen LogP contribution in [0, 0.1) is 5.92 Å². The molecule has 3 rings (SSSR count). The Morgan fingerprint density at radius 1 is 1.23 bits per heavy atom. The average Bonchev–Trinajstić information content (AvgIpc) is 2.56. The Hall–Kier alpha value is -1.37. The van der Waals surface area contributed by atoms with Crippen LogP contribution in [0.5, 0.6) is 0 Å². The maximum Gasteiger partial charge on any atom is 0.0447 e. The highest BCUT2D eigenvalue weighted by atomic mass is 14.7. The molecule has 0 saturated carbocycles. The van der Waals surface area contributed by atoms with Crippen molar-refractivity contribution in [3.05, 3.63) is 53.9 Å². The summed E-state index contributed by atoms with van der Waals surface area (Å²) in [6, 6.07) is 4.24. The number of rotatable bonds is 0. The fourth-order valence-corrected chi connectivity index (χ4v) is 2.33. The fourth-order valence-electron chi connectivity index (χ4n) is 2.33. The Kier molecular flexibility index (Phi) is 1.39. The summed E-state index contributed by atoms with van der Waals surface area (Å²) in [5.74, 6) is 1.25. The van der Waals surface area contributed by atoms with Crippen LogP contribution in [0.1, 0.15) is 17.2 Å². The van der Waals surface area contributed by atoms with Crippen LogP contribution in [0.2, 0.25) is 0 Å². The van der Waals surface area contributed by atoms with E-state index in [2.05, 4.69) is 35.4 Å². The number of hydrogen-bond acceptors (Lipinski definition) is 1. The van der Waals surface area contributed by atoms with Crippen LogP contribution in [0.4, 0.5) is 0 Å². The smallest absolute Gasteiger partial charge is 0.0447 e. The molecule has 1 aromatic heterocycles. The molecule has 0 bridgehead atoms. The molecule has 0 spiro atoms. The van der Waals surface area contributed by atoms with Gasteiger partial charge in [0, 0.05) is 17.8 Å². The molecule has 0 aromatic carbocycles. The van der Waals surface area contributed by atoms with Gasteiger partial charge in [0.1, 0.15) is 0 Å². The summed E-state index contributed by atoms with van der Waals surface area (Å²) in [5.41, 5.74) is 2.71. The summed E-state index contributed by atoms with van der Waals surface area (Å²) in [7, 11) is 0. The number of nitrogens with zero attached hydrogens (tertiary/aromatic N) is 1. The first-order valence-corrected chi connectivity index (χ1v) is 4.74. The molecule has 0 aliphatic heterocycles. The Morgan fingerprint density at radius 2 is 2.15 bits per heavy atom. The molecule has 1 heteroatoms. The summed E-state index contributed by atoms with van der Waals surface area (Å²) in [4.78, 5) is 4.42. The molecule has 2 aliphatic carbocycles. The van der Waals surface area contributed by atoms with E-state index in [0.717, 1.165) is 6.42 Å². The van der Waals surface area contributed by atoms with Crippen molar-refractivity contribution in [2.45, 2.75) is 12.3 Å². The maximum absolute atomic E-state index is 4.42. The molecular formula is C12H11N. The predicted molar refractivity (Wildman–Crippen MR) is 52.5 cm³/mol. The van der Waals surface area contributed by atoms with Crippen molar-refractivity contribution < 1.29 is 0 Å². The second kappa shape index (κ2) is 2.56. The molecule has 1 nitrogen and oxygen atoms in total. The molecule has 2 unspecified atom stereocenters. The van der Waals surface area contributed by atoms with E-state index in [1.807, 2.05) is 12.3 Å². The van der Waals surface area contributed by atoms with Gasteiger partial charge in [0.05, 0.1) is 0 Å². The van der Waals surface area contributed by atoms with Crippen LogP contribution >= 0.6 is 0 Å². The molecule has 13 heavy (non-hydrogen) atoms. The first kappa shape index (κ1) is 7.07. The summed E-state index contributed by atoms with van der Waals surface area (Å²) in [6.07, 6.45) is 11.9. The number of aromatic nitrogens is 1. The molecule has 1 aromatic rings. The van der Waals surface area contributed by atoms with Crippen molar-refractivity contribution in [2.75, 3.05) is 0 Å². The fraction of sp³-hybridized carbons (Fsp3) is 0.250. The minimum absolute atomic E-state index is 0.591. The minimum atomic E-state index is 0.591. The standard InChI is InChI=1S/C12H11N/c1-2-5-10-9(4-1)8-12-11(10)6-3-7-13-12/h1-7,9-10H,8H2. The van der Waals surface area contributed by atoms with Crippen molar-refractivity contribution in [1.82, 2.24) is 4.98 Å². The molecule has 1 heterocycles. The zero-order valence-corrected chi connectivity index (χ0v) is 7.35. The number of hydrogen-bond donors (Lipinski definition) is 0. The van der Waals surface area contributed by atoms with E-state index >= 15 is 0 Å². The maximum atomic E-state index is 4.42. The summed E-state index contributed by atoms with van der Waals surface area (Å²) < 4.78 is 0. The molecule has 64 valence electrons. The molecule has 0 radical (unpaired) electrons. The van der Waals surface area contributed by atoms with E-state index in [0.29, 0.717) is 11.8 Å². The third-order valence-electron chi connectivity index (χ3n) is 2.96. The van der Waals surface area contributed by atoms with Crippen LogP contribution in [-0.2, 0) is 6.42 Å². The van der Waals surface area contributed by atoms with E-state index in [1.165, 1.54) is 11.3 Å². The summed E-state index contributed by atoms with van der Waals surface area (Å²) in [6.45, 7) is 0. The second-order valence-electron chi connectivity index (χ2n) is 3.70. The van der Waals surface area contributed by atoms with Gasteiger partial charge in [-0.3, -0.25) is 4.98 Å². The van der Waals surface area contributed by atoms with Crippen LogP contribution in [0.25, 0.3) is 0 Å². The minimum Gasteiger partial charge on any atom is -0.261 e. The van der Waals surface area contributed by atoms with Crippen molar-refractivity contribution in [1.29, 1.82) is 0 Å². The molecular weight excluding hydrogens is 158 g/mol. The van der Waals surface area contributed by atoms with Crippen LogP contribution in [0.3, 0.4) is 0 Å². The first-order chi connectivity index (χ1) is 6.45. The zero-order chi connectivity index (χ0) is 8.67. The lowest BCUT2D eigenvalue weighted by Gasteiger charge is -2.14. The van der Waals surface area contributed by atoms with Crippen molar-refractivity contribution in [2.24, 2.45) is 5.92 Å². The van der Waals surface area contributed by atoms with Gasteiger partial charge in [0.2, 0.25) is 0 Å². The summed E-state index contributed by atoms with van der Waals surface area (Å²) in [5, 5.41) is 0. The van der Waals surface area contributed by atoms with E-state index in [1.54, 1.807) is 0 Å². The largest absolute Gasteiger partial charge is 0.261 e. The lowest BCUT2D eigenvalue weighted by atomic mass is 9.89. The Balaban J connectivity index is 2.12. The summed E-state index contributed by atoms with van der Waals surface area (Å²) >= 11 is 0. The predicted octanol–water partition coefficient (Wildman–Crippen LogP) is 2.46. The topological polar surface area (TPSA) is 12.9 Å². The van der Waals surface area contributed by atoms with E-state index in [-0.39, 0.29) is 0 Å². The SMILES string of the molecule is C1=CC2Cc3ncccc3C2C=C1. The number of allylic oxidation sites excluding steroid dienone is 4. The van der Waals surface area contributed by atoms with Gasteiger partial charge in [-0.15, -0.1) is 0 Å². The van der Waals surface area contributed by atoms with Gasteiger partial charge in [-0.05, 0) is 24.0 Å². The quantitative estimate of drug-likeness (QED) is 0.581. The van der Waals surface area contributed by atoms with Gasteiger partial charge in [-0.1, -0.05) is 30.4 Å². The highest BCUT2D eigenvalue weighted by molar-refractivity contribution is 5.39. The van der Waals surface area contributed by atoms with Gasteiger partial charge in [-0.2, -0.15) is 0 Å². The first-order valence-electron chi connectivity index (χ1n) is 4.74.